The Morgan fingerprint density at radius 3 is 2.18 bits per heavy atom. The highest BCUT2D eigenvalue weighted by atomic mass is 19.1. The smallest absolute Gasteiger partial charge is 0.429 e. The minimum absolute atomic E-state index is 0. The maximum atomic E-state index is 12.4. The zero-order valence-electron chi connectivity index (χ0n) is 5.79. The van der Waals surface area contributed by atoms with E-state index >= 15 is 0 Å². The van der Waals surface area contributed by atoms with E-state index in [-0.39, 0.29) is 13.5 Å². The van der Waals surface area contributed by atoms with Crippen molar-refractivity contribution >= 4 is 7.69 Å². The van der Waals surface area contributed by atoms with Gasteiger partial charge in [0, 0.05) is 6.42 Å². The molecule has 2 aliphatic rings. The fraction of sp³-hybridized carbons (Fsp3) is 0.143. The number of fused-ring (bicyclic) bond motifs is 2. The van der Waals surface area contributed by atoms with E-state index in [1.807, 2.05) is 12.2 Å². The molecular weight excluding hydrogens is 146 g/mol. The molecule has 0 saturated heterocycles. The van der Waals surface area contributed by atoms with Crippen LogP contribution in [-0.4, -0.2) is 17.7 Å². The second kappa shape index (κ2) is 3.50. The number of hydrogen-bond acceptors (Lipinski definition) is 2. The van der Waals surface area contributed by atoms with Crippen molar-refractivity contribution in [3.63, 3.8) is 0 Å². The summed E-state index contributed by atoms with van der Waals surface area (Å²) in [7, 11) is 0. The lowest BCUT2D eigenvalue weighted by molar-refractivity contribution is 0.448. The van der Waals surface area contributed by atoms with Crippen molar-refractivity contribution < 1.29 is 14.4 Å². The molecule has 1 radical (unpaired) electrons. The minimum Gasteiger partial charge on any atom is -0.429 e. The average Bonchev–Trinajstić information content (AvgIpc) is 2.48. The van der Waals surface area contributed by atoms with Gasteiger partial charge in [0.05, 0.1) is 0 Å². The predicted molar refractivity (Wildman–Crippen MR) is 40.2 cm³/mol. The SMILES string of the molecule is FC1=C2C=CC(=C1)C2.O[B]O. The van der Waals surface area contributed by atoms with E-state index in [9.17, 15) is 4.39 Å². The first-order valence-corrected chi connectivity index (χ1v) is 3.15. The van der Waals surface area contributed by atoms with Gasteiger partial charge in [-0.15, -0.1) is 0 Å². The van der Waals surface area contributed by atoms with Gasteiger partial charge in [0.2, 0.25) is 0 Å². The molecule has 2 bridgehead atoms. The molecule has 0 aromatic carbocycles. The van der Waals surface area contributed by atoms with Crippen molar-refractivity contribution in [1.82, 2.24) is 0 Å². The van der Waals surface area contributed by atoms with Gasteiger partial charge < -0.3 is 10.0 Å². The van der Waals surface area contributed by atoms with Crippen molar-refractivity contribution in [2.75, 3.05) is 0 Å². The highest BCUT2D eigenvalue weighted by Gasteiger charge is 2.16. The lowest BCUT2D eigenvalue weighted by Crippen LogP contribution is -1.75. The molecule has 0 spiro atoms. The molecule has 2 rings (SSSR count). The summed E-state index contributed by atoms with van der Waals surface area (Å²) in [4.78, 5) is 0. The second-order valence-corrected chi connectivity index (χ2v) is 2.22. The minimum atomic E-state index is -0.0394. The molecule has 0 aromatic heterocycles. The van der Waals surface area contributed by atoms with Crippen LogP contribution in [0.25, 0.3) is 0 Å². The molecule has 0 heterocycles. The number of rotatable bonds is 0. The van der Waals surface area contributed by atoms with Gasteiger partial charge in [-0.05, 0) is 17.2 Å². The van der Waals surface area contributed by atoms with Gasteiger partial charge in [0.15, 0.2) is 0 Å². The van der Waals surface area contributed by atoms with Crippen molar-refractivity contribution in [3.05, 3.63) is 35.2 Å². The summed E-state index contributed by atoms with van der Waals surface area (Å²) >= 11 is 0. The Bertz CT molecular complexity index is 243. The van der Waals surface area contributed by atoms with Gasteiger partial charge in [0.1, 0.15) is 5.83 Å². The van der Waals surface area contributed by atoms with Crippen LogP contribution >= 0.6 is 0 Å². The van der Waals surface area contributed by atoms with Crippen LogP contribution < -0.4 is 0 Å². The topological polar surface area (TPSA) is 40.5 Å². The normalized spacial score (nSPS) is 17.9. The first kappa shape index (κ1) is 8.23. The molecule has 2 aliphatic carbocycles. The molecular formula is C7H7BFO2. The van der Waals surface area contributed by atoms with E-state index in [1.54, 1.807) is 6.08 Å². The molecule has 0 saturated carbocycles. The summed E-state index contributed by atoms with van der Waals surface area (Å²) in [5.41, 5.74) is 1.96. The van der Waals surface area contributed by atoms with Crippen molar-refractivity contribution in [3.8, 4) is 0 Å². The van der Waals surface area contributed by atoms with Crippen LogP contribution in [0.4, 0.5) is 4.39 Å². The molecule has 0 aliphatic heterocycles. The molecule has 4 heteroatoms. The summed E-state index contributed by atoms with van der Waals surface area (Å²) in [6, 6.07) is 0. The van der Waals surface area contributed by atoms with Gasteiger partial charge >= 0.3 is 7.69 Å². The largest absolute Gasteiger partial charge is 0.482 e. The van der Waals surface area contributed by atoms with Crippen molar-refractivity contribution in [2.24, 2.45) is 0 Å². The van der Waals surface area contributed by atoms with Gasteiger partial charge in [-0.1, -0.05) is 12.2 Å². The van der Waals surface area contributed by atoms with Crippen molar-refractivity contribution in [2.45, 2.75) is 6.42 Å². The highest BCUT2D eigenvalue weighted by Crippen LogP contribution is 2.33. The van der Waals surface area contributed by atoms with Gasteiger partial charge in [-0.25, -0.2) is 4.39 Å². The van der Waals surface area contributed by atoms with Gasteiger partial charge in [-0.2, -0.15) is 0 Å². The summed E-state index contributed by atoms with van der Waals surface area (Å²) in [5.74, 6) is -0.0394. The van der Waals surface area contributed by atoms with Crippen molar-refractivity contribution in [1.29, 1.82) is 0 Å². The third-order valence-corrected chi connectivity index (χ3v) is 1.51. The number of hydrogen-bond donors (Lipinski definition) is 2. The molecule has 0 amide bonds. The lowest BCUT2D eigenvalue weighted by Gasteiger charge is -1.85. The van der Waals surface area contributed by atoms with E-state index in [2.05, 4.69) is 0 Å². The van der Waals surface area contributed by atoms with E-state index in [0.29, 0.717) is 0 Å². The Balaban J connectivity index is 0.000000179. The summed E-state index contributed by atoms with van der Waals surface area (Å²) in [6.45, 7) is 0. The Kier molecular flexibility index (Phi) is 2.62. The van der Waals surface area contributed by atoms with E-state index in [1.165, 1.54) is 0 Å². The Labute approximate surface area is 64.7 Å². The predicted octanol–water partition coefficient (Wildman–Crippen LogP) is 0.615. The molecule has 0 atom stereocenters. The van der Waals surface area contributed by atoms with Crippen LogP contribution in [0, 0.1) is 0 Å². The molecule has 2 nitrogen and oxygen atoms in total. The van der Waals surface area contributed by atoms with E-state index in [0.717, 1.165) is 17.6 Å². The van der Waals surface area contributed by atoms with E-state index < -0.39 is 0 Å². The van der Waals surface area contributed by atoms with Crippen LogP contribution in [0.15, 0.2) is 35.2 Å². The van der Waals surface area contributed by atoms with Crippen LogP contribution in [0.1, 0.15) is 6.42 Å². The Morgan fingerprint density at radius 2 is 2.00 bits per heavy atom. The Morgan fingerprint density at radius 1 is 1.36 bits per heavy atom. The fourth-order valence-corrected chi connectivity index (χ4v) is 1.06. The first-order valence-electron chi connectivity index (χ1n) is 3.15. The monoisotopic (exact) mass is 153 g/mol. The molecule has 11 heavy (non-hydrogen) atoms. The van der Waals surface area contributed by atoms with Gasteiger partial charge in [-0.3, -0.25) is 0 Å². The van der Waals surface area contributed by atoms with Crippen LogP contribution in [0.5, 0.6) is 0 Å². The maximum Gasteiger partial charge on any atom is 0.482 e. The zero-order chi connectivity index (χ0) is 8.27. The maximum absolute atomic E-state index is 12.4. The zero-order valence-corrected chi connectivity index (χ0v) is 5.79. The van der Waals surface area contributed by atoms with Crippen LogP contribution in [-0.2, 0) is 0 Å². The lowest BCUT2D eigenvalue weighted by atomic mass is 10.3. The average molecular weight is 153 g/mol. The quantitative estimate of drug-likeness (QED) is 0.500. The summed E-state index contributed by atoms with van der Waals surface area (Å²) < 4.78 is 12.4. The second-order valence-electron chi connectivity index (χ2n) is 2.22. The third kappa shape index (κ3) is 1.79. The third-order valence-electron chi connectivity index (χ3n) is 1.51. The first-order chi connectivity index (χ1) is 5.27. The summed E-state index contributed by atoms with van der Waals surface area (Å²) in [6.07, 6.45) is 6.21. The molecule has 2 N–H and O–H groups in total. The number of allylic oxidation sites excluding steroid dienone is 6. The van der Waals surface area contributed by atoms with E-state index in [4.69, 9.17) is 10.0 Å². The Hall–Kier alpha value is -0.865. The fourth-order valence-electron chi connectivity index (χ4n) is 1.06. The van der Waals surface area contributed by atoms with Crippen LogP contribution in [0.2, 0.25) is 0 Å². The van der Waals surface area contributed by atoms with Crippen LogP contribution in [0.3, 0.4) is 0 Å². The molecule has 0 aromatic rings. The molecule has 57 valence electrons. The van der Waals surface area contributed by atoms with Gasteiger partial charge in [0.25, 0.3) is 0 Å². The molecule has 0 unspecified atom stereocenters. The highest BCUT2D eigenvalue weighted by molar-refractivity contribution is 6.13. The standard InChI is InChI=1S/C7H5F.BH2O2/c8-7-4-5-1-2-6(7)3-5;2-1-3/h1-2,4H,3H2;2-3H. The number of halogens is 1. The molecule has 0 fully saturated rings. The summed E-state index contributed by atoms with van der Waals surface area (Å²) in [5, 5.41) is 14.0.